The lowest BCUT2D eigenvalue weighted by molar-refractivity contribution is 0.163. The number of nitrogens with zero attached hydrogens (tertiary/aromatic N) is 1. The fraction of sp³-hybridized carbons (Fsp3) is 0.462. The molecule has 2 heterocycles. The lowest BCUT2D eigenvalue weighted by Crippen LogP contribution is -2.49. The molecule has 98 valence electrons. The summed E-state index contributed by atoms with van der Waals surface area (Å²) in [5, 5.41) is 6.31. The van der Waals surface area contributed by atoms with Crippen LogP contribution in [0, 0.1) is 0 Å². The standard InChI is InChI=1S/C13H16BrN3O.H2/c14-10-1-2-12-9(7-10)8-17(13(18)16-12)11-3-5-15-6-4-11;/h1-2,7,11,15H,3-6,8H2,(H,16,18);1H. The van der Waals surface area contributed by atoms with Gasteiger partial charge in [-0.05, 0) is 49.7 Å². The molecule has 2 aliphatic rings. The highest BCUT2D eigenvalue weighted by Gasteiger charge is 2.29. The van der Waals surface area contributed by atoms with Crippen molar-refractivity contribution in [3.63, 3.8) is 0 Å². The van der Waals surface area contributed by atoms with Crippen molar-refractivity contribution >= 4 is 27.6 Å². The minimum absolute atomic E-state index is 0. The fourth-order valence-electron chi connectivity index (χ4n) is 2.67. The van der Waals surface area contributed by atoms with Gasteiger partial charge in [-0.1, -0.05) is 15.9 Å². The summed E-state index contributed by atoms with van der Waals surface area (Å²) in [6.07, 6.45) is 2.08. The van der Waals surface area contributed by atoms with Crippen LogP contribution in [-0.2, 0) is 6.54 Å². The Bertz CT molecular complexity index is 477. The molecule has 0 unspecified atom stereocenters. The van der Waals surface area contributed by atoms with E-state index in [1.54, 1.807) is 0 Å². The van der Waals surface area contributed by atoms with Gasteiger partial charge in [0.15, 0.2) is 0 Å². The van der Waals surface area contributed by atoms with Crippen LogP contribution < -0.4 is 10.6 Å². The van der Waals surface area contributed by atoms with Gasteiger partial charge in [0.25, 0.3) is 0 Å². The molecule has 0 aliphatic carbocycles. The summed E-state index contributed by atoms with van der Waals surface area (Å²) in [7, 11) is 0. The average molecular weight is 312 g/mol. The monoisotopic (exact) mass is 311 g/mol. The summed E-state index contributed by atoms with van der Waals surface area (Å²) in [5.41, 5.74) is 2.12. The highest BCUT2D eigenvalue weighted by molar-refractivity contribution is 9.10. The number of piperidine rings is 1. The molecule has 0 aromatic heterocycles. The Balaban J connectivity index is 0.00000133. The number of urea groups is 1. The van der Waals surface area contributed by atoms with Crippen LogP contribution in [0.4, 0.5) is 10.5 Å². The Morgan fingerprint density at radius 2 is 2.11 bits per heavy atom. The van der Waals surface area contributed by atoms with E-state index in [9.17, 15) is 4.79 Å². The van der Waals surface area contributed by atoms with Crippen molar-refractivity contribution in [2.24, 2.45) is 0 Å². The van der Waals surface area contributed by atoms with Gasteiger partial charge in [-0.3, -0.25) is 0 Å². The number of rotatable bonds is 1. The molecular formula is C13H18BrN3O. The molecule has 4 nitrogen and oxygen atoms in total. The number of fused-ring (bicyclic) bond motifs is 1. The molecule has 1 aromatic carbocycles. The van der Waals surface area contributed by atoms with Crippen molar-refractivity contribution in [2.45, 2.75) is 25.4 Å². The molecule has 2 amide bonds. The molecule has 0 bridgehead atoms. The fourth-order valence-corrected chi connectivity index (χ4v) is 3.08. The SMILES string of the molecule is O=C1Nc2ccc(Br)cc2CN1C1CCNCC1.[HH]. The van der Waals surface area contributed by atoms with Crippen LogP contribution in [0.2, 0.25) is 0 Å². The molecule has 0 atom stereocenters. The summed E-state index contributed by atoms with van der Waals surface area (Å²) in [6.45, 7) is 2.71. The minimum atomic E-state index is 0. The Morgan fingerprint density at radius 1 is 1.33 bits per heavy atom. The molecule has 1 saturated heterocycles. The van der Waals surface area contributed by atoms with E-state index in [2.05, 4.69) is 32.6 Å². The third-order valence-electron chi connectivity index (χ3n) is 3.66. The minimum Gasteiger partial charge on any atom is -0.317 e. The van der Waals surface area contributed by atoms with Crippen molar-refractivity contribution in [1.82, 2.24) is 10.2 Å². The van der Waals surface area contributed by atoms with Crippen molar-refractivity contribution < 1.29 is 6.22 Å². The van der Waals surface area contributed by atoms with Crippen LogP contribution in [-0.4, -0.2) is 30.1 Å². The van der Waals surface area contributed by atoms with Gasteiger partial charge in [-0.15, -0.1) is 0 Å². The highest BCUT2D eigenvalue weighted by atomic mass is 79.9. The Kier molecular flexibility index (Phi) is 3.26. The maximum absolute atomic E-state index is 12.1. The van der Waals surface area contributed by atoms with Gasteiger partial charge in [0.05, 0.1) is 0 Å². The second-order valence-electron chi connectivity index (χ2n) is 4.84. The molecule has 18 heavy (non-hydrogen) atoms. The van der Waals surface area contributed by atoms with E-state index in [-0.39, 0.29) is 7.46 Å². The lowest BCUT2D eigenvalue weighted by atomic mass is 10.0. The molecular weight excluding hydrogens is 294 g/mol. The van der Waals surface area contributed by atoms with Crippen LogP contribution in [0.3, 0.4) is 0 Å². The van der Waals surface area contributed by atoms with E-state index in [0.29, 0.717) is 12.6 Å². The number of anilines is 1. The van der Waals surface area contributed by atoms with E-state index in [1.165, 1.54) is 5.56 Å². The number of hydrogen-bond acceptors (Lipinski definition) is 2. The summed E-state index contributed by atoms with van der Waals surface area (Å²) in [4.78, 5) is 14.1. The topological polar surface area (TPSA) is 44.4 Å². The second-order valence-corrected chi connectivity index (χ2v) is 5.76. The zero-order valence-electron chi connectivity index (χ0n) is 10.1. The summed E-state index contributed by atoms with van der Waals surface area (Å²) < 4.78 is 1.06. The third-order valence-corrected chi connectivity index (χ3v) is 4.15. The van der Waals surface area contributed by atoms with Crippen LogP contribution in [0.5, 0.6) is 0 Å². The normalized spacial score (nSPS) is 20.5. The Hall–Kier alpha value is -1.07. The maximum atomic E-state index is 12.1. The van der Waals surface area contributed by atoms with Gasteiger partial charge in [0.1, 0.15) is 0 Å². The van der Waals surface area contributed by atoms with E-state index < -0.39 is 0 Å². The van der Waals surface area contributed by atoms with Crippen LogP contribution in [0.1, 0.15) is 19.8 Å². The first-order valence-electron chi connectivity index (χ1n) is 6.31. The zero-order chi connectivity index (χ0) is 12.5. The Labute approximate surface area is 116 Å². The third kappa shape index (κ3) is 2.24. The van der Waals surface area contributed by atoms with Gasteiger partial charge in [0, 0.05) is 24.2 Å². The Morgan fingerprint density at radius 3 is 2.89 bits per heavy atom. The summed E-state index contributed by atoms with van der Waals surface area (Å²) >= 11 is 3.48. The summed E-state index contributed by atoms with van der Waals surface area (Å²) in [6, 6.07) is 6.40. The van der Waals surface area contributed by atoms with Gasteiger partial charge in [-0.25, -0.2) is 4.79 Å². The largest absolute Gasteiger partial charge is 0.322 e. The molecule has 0 spiro atoms. The molecule has 1 fully saturated rings. The average Bonchev–Trinajstić information content (AvgIpc) is 2.39. The number of halogens is 1. The van der Waals surface area contributed by atoms with E-state index in [1.807, 2.05) is 17.0 Å². The molecule has 3 rings (SSSR count). The zero-order valence-corrected chi connectivity index (χ0v) is 11.7. The van der Waals surface area contributed by atoms with Crippen molar-refractivity contribution in [2.75, 3.05) is 18.4 Å². The number of carbonyl (C=O) groups is 1. The van der Waals surface area contributed by atoms with Gasteiger partial charge >= 0.3 is 6.03 Å². The van der Waals surface area contributed by atoms with E-state index in [4.69, 9.17) is 0 Å². The first-order chi connectivity index (χ1) is 8.74. The number of amides is 2. The molecule has 2 aliphatic heterocycles. The van der Waals surface area contributed by atoms with Gasteiger partial charge < -0.3 is 15.5 Å². The highest BCUT2D eigenvalue weighted by Crippen LogP contribution is 2.28. The van der Waals surface area contributed by atoms with Crippen LogP contribution >= 0.6 is 15.9 Å². The number of carbonyl (C=O) groups excluding carboxylic acids is 1. The predicted octanol–water partition coefficient (Wildman–Crippen LogP) is 2.79. The van der Waals surface area contributed by atoms with Crippen molar-refractivity contribution in [3.8, 4) is 0 Å². The smallest absolute Gasteiger partial charge is 0.317 e. The van der Waals surface area contributed by atoms with Crippen molar-refractivity contribution in [1.29, 1.82) is 0 Å². The first-order valence-corrected chi connectivity index (χ1v) is 7.10. The maximum Gasteiger partial charge on any atom is 0.322 e. The van der Waals surface area contributed by atoms with Crippen LogP contribution in [0.15, 0.2) is 22.7 Å². The number of hydrogen-bond donors (Lipinski definition) is 2. The van der Waals surface area contributed by atoms with Crippen molar-refractivity contribution in [3.05, 3.63) is 28.2 Å². The van der Waals surface area contributed by atoms with Gasteiger partial charge in [0.2, 0.25) is 0 Å². The van der Waals surface area contributed by atoms with Crippen LogP contribution in [0.25, 0.3) is 0 Å². The van der Waals surface area contributed by atoms with E-state index in [0.717, 1.165) is 36.1 Å². The first kappa shape index (κ1) is 12.0. The molecule has 5 heteroatoms. The lowest BCUT2D eigenvalue weighted by Gasteiger charge is -2.37. The van der Waals surface area contributed by atoms with Gasteiger partial charge in [-0.2, -0.15) is 0 Å². The molecule has 2 N–H and O–H groups in total. The summed E-state index contributed by atoms with van der Waals surface area (Å²) in [5.74, 6) is 0. The number of nitrogens with one attached hydrogen (secondary N) is 2. The molecule has 1 aromatic rings. The number of benzene rings is 1. The predicted molar refractivity (Wildman–Crippen MR) is 76.7 cm³/mol. The van der Waals surface area contributed by atoms with E-state index >= 15 is 0 Å². The molecule has 0 radical (unpaired) electrons. The molecule has 0 saturated carbocycles. The second kappa shape index (κ2) is 4.90. The quantitative estimate of drug-likeness (QED) is 0.837.